The van der Waals surface area contributed by atoms with Gasteiger partial charge in [0.05, 0.1) is 11.0 Å². The summed E-state index contributed by atoms with van der Waals surface area (Å²) in [6.07, 6.45) is 0. The number of hydrogen-bond acceptors (Lipinski definition) is 7. The quantitative estimate of drug-likeness (QED) is 0.311. The summed E-state index contributed by atoms with van der Waals surface area (Å²) in [5, 5.41) is 24.2. The summed E-state index contributed by atoms with van der Waals surface area (Å²) in [5.74, 6) is 0.249. The normalized spacial score (nSPS) is 12.4. The molecular weight excluding hydrogens is 430 g/mol. The summed E-state index contributed by atoms with van der Waals surface area (Å²) < 4.78 is 5.81. The van der Waals surface area contributed by atoms with Crippen molar-refractivity contribution in [3.05, 3.63) is 75.5 Å². The Balaban J connectivity index is 1.90. The number of nitriles is 1. The van der Waals surface area contributed by atoms with Crippen LogP contribution >= 0.6 is 0 Å². The molecule has 1 aromatic heterocycles. The summed E-state index contributed by atoms with van der Waals surface area (Å²) in [6, 6.07) is 16.9. The molecule has 0 aliphatic heterocycles. The third kappa shape index (κ3) is 5.43. The lowest BCUT2D eigenvalue weighted by molar-refractivity contribution is -0.384. The fraction of sp³-hybridized carbons (Fsp3) is 0.385. The fourth-order valence-corrected chi connectivity index (χ4v) is 3.96. The van der Waals surface area contributed by atoms with Crippen LogP contribution in [0, 0.1) is 21.4 Å². The second kappa shape index (κ2) is 10.5. The number of rotatable bonds is 9. The molecule has 0 saturated carbocycles. The number of nitrogens with one attached hydrogen (secondary N) is 1. The van der Waals surface area contributed by atoms with E-state index < -0.39 is 4.92 Å². The van der Waals surface area contributed by atoms with Crippen LogP contribution < -0.4 is 5.32 Å². The molecule has 3 rings (SSSR count). The van der Waals surface area contributed by atoms with E-state index in [1.54, 1.807) is 18.2 Å². The van der Waals surface area contributed by atoms with Crippen LogP contribution in [0.3, 0.4) is 0 Å². The first-order valence-corrected chi connectivity index (χ1v) is 11.4. The van der Waals surface area contributed by atoms with Gasteiger partial charge in [-0.1, -0.05) is 71.0 Å². The summed E-state index contributed by atoms with van der Waals surface area (Å²) in [7, 11) is 0. The fourth-order valence-electron chi connectivity index (χ4n) is 3.96. The number of oxazole rings is 1. The molecule has 2 aromatic carbocycles. The van der Waals surface area contributed by atoms with Crippen LogP contribution in [-0.4, -0.2) is 34.4 Å². The second-order valence-corrected chi connectivity index (χ2v) is 9.07. The molecule has 0 aliphatic rings. The van der Waals surface area contributed by atoms with Gasteiger partial charge in [-0.25, -0.2) is 0 Å². The predicted octanol–water partition coefficient (Wildman–Crippen LogP) is 5.91. The highest BCUT2D eigenvalue weighted by molar-refractivity contribution is 5.68. The van der Waals surface area contributed by atoms with Crippen molar-refractivity contribution in [1.29, 1.82) is 5.26 Å². The van der Waals surface area contributed by atoms with Gasteiger partial charge >= 0.3 is 0 Å². The predicted molar refractivity (Wildman–Crippen MR) is 133 cm³/mol. The number of para-hydroxylation sites is 1. The number of likely N-dealkylation sites (N-methyl/N-ethyl adjacent to an activating group) is 1. The number of benzene rings is 2. The van der Waals surface area contributed by atoms with Crippen molar-refractivity contribution in [2.75, 3.05) is 25.0 Å². The van der Waals surface area contributed by atoms with Gasteiger partial charge in [-0.2, -0.15) is 10.2 Å². The first kappa shape index (κ1) is 24.9. The van der Waals surface area contributed by atoms with E-state index in [4.69, 9.17) is 4.42 Å². The van der Waals surface area contributed by atoms with Crippen molar-refractivity contribution < 1.29 is 9.34 Å². The Labute approximate surface area is 200 Å². The molecule has 8 heteroatoms. The SMILES string of the molecule is CCN(CC)C(CNc1oc(-c2ccccc2[N+](=O)[O-])nc1C#N)c1ccc(C(C)(C)C)cc1. The Kier molecular flexibility index (Phi) is 7.69. The monoisotopic (exact) mass is 461 g/mol. The van der Waals surface area contributed by atoms with E-state index in [0.717, 1.165) is 18.7 Å². The molecule has 1 unspecified atom stereocenters. The number of hydrogen-bond donors (Lipinski definition) is 1. The van der Waals surface area contributed by atoms with Crippen LogP contribution in [0.25, 0.3) is 11.5 Å². The Bertz CT molecular complexity index is 1170. The number of nitro groups is 1. The Hall–Kier alpha value is -3.70. The standard InChI is InChI=1S/C26H31N5O3/c1-6-30(7-2)23(18-12-14-19(15-13-18)26(3,4)5)17-28-25-21(16-27)29-24(34-25)20-10-8-9-11-22(20)31(32)33/h8-15,23,28H,6-7,17H2,1-5H3. The molecule has 0 aliphatic carbocycles. The van der Waals surface area contributed by atoms with E-state index in [0.29, 0.717) is 6.54 Å². The summed E-state index contributed by atoms with van der Waals surface area (Å²) in [6.45, 7) is 13.0. The summed E-state index contributed by atoms with van der Waals surface area (Å²) in [4.78, 5) is 17.4. The molecule has 0 radical (unpaired) electrons. The molecule has 1 N–H and O–H groups in total. The number of nitro benzene ring substituents is 1. The zero-order chi connectivity index (χ0) is 24.9. The maximum Gasteiger partial charge on any atom is 0.282 e. The third-order valence-corrected chi connectivity index (χ3v) is 5.93. The maximum absolute atomic E-state index is 11.4. The molecule has 178 valence electrons. The lowest BCUT2D eigenvalue weighted by Crippen LogP contribution is -2.33. The van der Waals surface area contributed by atoms with Gasteiger partial charge in [0.15, 0.2) is 0 Å². The highest BCUT2D eigenvalue weighted by Gasteiger charge is 2.24. The van der Waals surface area contributed by atoms with Crippen LogP contribution in [-0.2, 0) is 5.41 Å². The Morgan fingerprint density at radius 3 is 2.35 bits per heavy atom. The van der Waals surface area contributed by atoms with Crippen molar-refractivity contribution in [2.45, 2.75) is 46.1 Å². The molecule has 0 bridgehead atoms. The van der Waals surface area contributed by atoms with E-state index in [1.165, 1.54) is 11.6 Å². The van der Waals surface area contributed by atoms with Crippen LogP contribution in [0.5, 0.6) is 0 Å². The molecule has 34 heavy (non-hydrogen) atoms. The van der Waals surface area contributed by atoms with Gasteiger partial charge < -0.3 is 9.73 Å². The van der Waals surface area contributed by atoms with Gasteiger partial charge in [-0.15, -0.1) is 0 Å². The zero-order valence-corrected chi connectivity index (χ0v) is 20.3. The molecule has 0 saturated heterocycles. The van der Waals surface area contributed by atoms with Gasteiger partial charge in [-0.3, -0.25) is 15.0 Å². The molecule has 3 aromatic rings. The molecule has 0 amide bonds. The summed E-state index contributed by atoms with van der Waals surface area (Å²) in [5.41, 5.74) is 2.66. The van der Waals surface area contributed by atoms with Gasteiger partial charge in [-0.05, 0) is 35.7 Å². The maximum atomic E-state index is 11.4. The average molecular weight is 462 g/mol. The molecule has 0 fully saturated rings. The highest BCUT2D eigenvalue weighted by Crippen LogP contribution is 2.33. The molecular formula is C26H31N5O3. The minimum atomic E-state index is -0.490. The van der Waals surface area contributed by atoms with Crippen molar-refractivity contribution in [1.82, 2.24) is 9.88 Å². The van der Waals surface area contributed by atoms with E-state index in [9.17, 15) is 15.4 Å². The first-order valence-electron chi connectivity index (χ1n) is 11.4. The Morgan fingerprint density at radius 2 is 1.79 bits per heavy atom. The van der Waals surface area contributed by atoms with Crippen LogP contribution in [0.4, 0.5) is 11.6 Å². The van der Waals surface area contributed by atoms with E-state index in [2.05, 4.69) is 74.1 Å². The molecule has 8 nitrogen and oxygen atoms in total. The summed E-state index contributed by atoms with van der Waals surface area (Å²) >= 11 is 0. The van der Waals surface area contributed by atoms with Gasteiger partial charge in [0.2, 0.25) is 17.5 Å². The molecule has 0 spiro atoms. The lowest BCUT2D eigenvalue weighted by Gasteiger charge is -2.31. The van der Waals surface area contributed by atoms with E-state index in [1.807, 2.05) is 6.07 Å². The van der Waals surface area contributed by atoms with Crippen molar-refractivity contribution in [2.24, 2.45) is 0 Å². The third-order valence-electron chi connectivity index (χ3n) is 5.93. The minimum absolute atomic E-state index is 0.0372. The second-order valence-electron chi connectivity index (χ2n) is 9.07. The van der Waals surface area contributed by atoms with Gasteiger partial charge in [0.25, 0.3) is 5.69 Å². The van der Waals surface area contributed by atoms with Crippen molar-refractivity contribution in [3.8, 4) is 17.5 Å². The molecule has 1 atom stereocenters. The number of anilines is 1. The lowest BCUT2D eigenvalue weighted by atomic mass is 9.86. The smallest absolute Gasteiger partial charge is 0.282 e. The minimum Gasteiger partial charge on any atom is -0.419 e. The van der Waals surface area contributed by atoms with Crippen LogP contribution in [0.2, 0.25) is 0 Å². The largest absolute Gasteiger partial charge is 0.419 e. The van der Waals surface area contributed by atoms with Gasteiger partial charge in [0.1, 0.15) is 11.6 Å². The zero-order valence-electron chi connectivity index (χ0n) is 20.3. The van der Waals surface area contributed by atoms with E-state index in [-0.39, 0.29) is 40.2 Å². The van der Waals surface area contributed by atoms with E-state index >= 15 is 0 Å². The Morgan fingerprint density at radius 1 is 1.15 bits per heavy atom. The van der Waals surface area contributed by atoms with Gasteiger partial charge in [0, 0.05) is 12.6 Å². The number of nitrogens with zero attached hydrogens (tertiary/aromatic N) is 4. The van der Waals surface area contributed by atoms with Crippen LogP contribution in [0.1, 0.15) is 57.5 Å². The average Bonchev–Trinajstić information content (AvgIpc) is 3.24. The van der Waals surface area contributed by atoms with Crippen molar-refractivity contribution >= 4 is 11.6 Å². The number of aromatic nitrogens is 1. The van der Waals surface area contributed by atoms with Crippen LogP contribution in [0.15, 0.2) is 52.9 Å². The molecule has 1 heterocycles. The first-order chi connectivity index (χ1) is 16.2. The topological polar surface area (TPSA) is 108 Å². The van der Waals surface area contributed by atoms with Crippen molar-refractivity contribution in [3.63, 3.8) is 0 Å². The highest BCUT2D eigenvalue weighted by atomic mass is 16.6.